The summed E-state index contributed by atoms with van der Waals surface area (Å²) in [5.41, 5.74) is 1.45. The molecule has 0 fully saturated rings. The van der Waals surface area contributed by atoms with E-state index in [1.54, 1.807) is 0 Å². The minimum Gasteiger partial charge on any atom is -0.429 e. The van der Waals surface area contributed by atoms with Crippen LogP contribution in [0.5, 0.6) is 0 Å². The first kappa shape index (κ1) is 17.9. The first-order chi connectivity index (χ1) is 11.2. The van der Waals surface area contributed by atoms with Gasteiger partial charge < -0.3 is 4.42 Å². The van der Waals surface area contributed by atoms with Crippen LogP contribution in [-0.2, 0) is 0 Å². The van der Waals surface area contributed by atoms with E-state index in [0.29, 0.717) is 12.0 Å². The Hall–Kier alpha value is -1.42. The number of carbonyl (C=O) groups excluding carboxylic acids is 1. The zero-order chi connectivity index (χ0) is 16.5. The number of hydrogen-bond donors (Lipinski definition) is 0. The molecule has 0 aliphatic rings. The molecular weight excluding hydrogens is 306 g/mol. The van der Waals surface area contributed by atoms with Gasteiger partial charge in [0.2, 0.25) is 5.91 Å². The summed E-state index contributed by atoms with van der Waals surface area (Å²) < 4.78 is 7.01. The largest absolute Gasteiger partial charge is 0.429 e. The summed E-state index contributed by atoms with van der Waals surface area (Å²) in [5, 5.41) is 0. The van der Waals surface area contributed by atoms with Crippen LogP contribution in [0.15, 0.2) is 28.7 Å². The van der Waals surface area contributed by atoms with Gasteiger partial charge in [0, 0.05) is 6.42 Å². The maximum Gasteiger partial charge on any atom is 0.276 e. The van der Waals surface area contributed by atoms with E-state index in [4.69, 9.17) is 16.6 Å². The van der Waals surface area contributed by atoms with E-state index in [1.165, 1.54) is 49.5 Å². The van der Waals surface area contributed by atoms with Crippen molar-refractivity contribution in [2.75, 3.05) is 0 Å². The van der Waals surface area contributed by atoms with Crippen molar-refractivity contribution in [2.24, 2.45) is 0 Å². The molecule has 2 aromatic rings. The predicted molar refractivity (Wildman–Crippen MR) is 97.5 cm³/mol. The molecule has 126 valence electrons. The van der Waals surface area contributed by atoms with Crippen LogP contribution in [0, 0.1) is 4.84 Å². The van der Waals surface area contributed by atoms with E-state index in [-0.39, 0.29) is 10.7 Å². The van der Waals surface area contributed by atoms with Gasteiger partial charge in [-0.1, -0.05) is 70.4 Å². The molecule has 1 aromatic heterocycles. The first-order valence-electron chi connectivity index (χ1n) is 8.88. The number of hydrogen-bond acceptors (Lipinski definition) is 3. The van der Waals surface area contributed by atoms with E-state index >= 15 is 0 Å². The van der Waals surface area contributed by atoms with E-state index in [1.807, 2.05) is 24.3 Å². The summed E-state index contributed by atoms with van der Waals surface area (Å²) in [5.74, 6) is 0.0443. The molecule has 1 heterocycles. The average Bonchev–Trinajstić information content (AvgIpc) is 2.89. The van der Waals surface area contributed by atoms with Crippen molar-refractivity contribution in [1.82, 2.24) is 4.57 Å². The highest BCUT2D eigenvalue weighted by Crippen LogP contribution is 2.18. The molecule has 0 atom stereocenters. The summed E-state index contributed by atoms with van der Waals surface area (Å²) in [7, 11) is 0. The molecule has 2 rings (SSSR count). The number of benzene rings is 1. The van der Waals surface area contributed by atoms with Crippen molar-refractivity contribution in [3.05, 3.63) is 29.1 Å². The lowest BCUT2D eigenvalue weighted by Crippen LogP contribution is -2.09. The fourth-order valence-electron chi connectivity index (χ4n) is 2.90. The SMILES string of the molecule is CCCCCCCCCCCC(=O)n1c(=S)oc2ccccc21. The summed E-state index contributed by atoms with van der Waals surface area (Å²) in [6.45, 7) is 2.24. The number of rotatable bonds is 10. The molecule has 0 radical (unpaired) electrons. The standard InChI is InChI=1S/C19H27NO2S/c1-2-3-4-5-6-7-8-9-10-15-18(21)20-16-13-11-12-14-17(16)22-19(20)23/h11-14H,2-10,15H2,1H3. The third kappa shape index (κ3) is 5.31. The minimum atomic E-state index is 0.0443. The Kier molecular flexibility index (Phi) is 7.53. The third-order valence-electron chi connectivity index (χ3n) is 4.23. The van der Waals surface area contributed by atoms with Gasteiger partial charge in [0.1, 0.15) is 0 Å². The van der Waals surface area contributed by atoms with Gasteiger partial charge in [-0.15, -0.1) is 0 Å². The molecule has 23 heavy (non-hydrogen) atoms. The predicted octanol–water partition coefficient (Wildman–Crippen LogP) is 6.52. The molecule has 0 aliphatic carbocycles. The summed E-state index contributed by atoms with van der Waals surface area (Å²) in [6, 6.07) is 7.50. The molecule has 0 bridgehead atoms. The smallest absolute Gasteiger partial charge is 0.276 e. The second-order valence-corrected chi connectivity index (χ2v) is 6.49. The lowest BCUT2D eigenvalue weighted by molar-refractivity contribution is 0.0898. The second kappa shape index (κ2) is 9.66. The Morgan fingerprint density at radius 2 is 1.61 bits per heavy atom. The number of oxazole rings is 1. The highest BCUT2D eigenvalue weighted by atomic mass is 32.1. The van der Waals surface area contributed by atoms with E-state index in [0.717, 1.165) is 18.4 Å². The zero-order valence-electron chi connectivity index (χ0n) is 14.1. The molecule has 3 nitrogen and oxygen atoms in total. The zero-order valence-corrected chi connectivity index (χ0v) is 14.9. The van der Waals surface area contributed by atoms with E-state index in [9.17, 15) is 4.79 Å². The number of fused-ring (bicyclic) bond motifs is 1. The maximum absolute atomic E-state index is 12.4. The van der Waals surface area contributed by atoms with E-state index in [2.05, 4.69) is 6.92 Å². The summed E-state index contributed by atoms with van der Waals surface area (Å²) >= 11 is 5.18. The Labute approximate surface area is 143 Å². The van der Waals surface area contributed by atoms with Gasteiger partial charge in [-0.3, -0.25) is 4.79 Å². The van der Waals surface area contributed by atoms with E-state index < -0.39 is 0 Å². The van der Waals surface area contributed by atoms with Gasteiger partial charge in [0.05, 0.1) is 5.52 Å². The third-order valence-corrected chi connectivity index (χ3v) is 4.50. The maximum atomic E-state index is 12.4. The Bertz CT molecular complexity index is 671. The lowest BCUT2D eigenvalue weighted by Gasteiger charge is -2.03. The van der Waals surface area contributed by atoms with Gasteiger partial charge in [-0.25, -0.2) is 4.57 Å². The summed E-state index contributed by atoms with van der Waals surface area (Å²) in [6.07, 6.45) is 11.8. The Morgan fingerprint density at radius 1 is 1.00 bits per heavy atom. The van der Waals surface area contributed by atoms with Crippen LogP contribution < -0.4 is 0 Å². The number of para-hydroxylation sites is 2. The molecular formula is C19H27NO2S. The summed E-state index contributed by atoms with van der Waals surface area (Å²) in [4.78, 5) is 12.6. The Balaban J connectivity index is 1.71. The highest BCUT2D eigenvalue weighted by Gasteiger charge is 2.12. The lowest BCUT2D eigenvalue weighted by atomic mass is 10.1. The molecule has 0 spiro atoms. The van der Waals surface area contributed by atoms with Crippen molar-refractivity contribution in [3.8, 4) is 0 Å². The Morgan fingerprint density at radius 3 is 2.30 bits per heavy atom. The number of carbonyl (C=O) groups is 1. The van der Waals surface area contributed by atoms with Gasteiger partial charge in [-0.05, 0) is 30.8 Å². The minimum absolute atomic E-state index is 0.0443. The highest BCUT2D eigenvalue weighted by molar-refractivity contribution is 7.71. The molecule has 0 unspecified atom stereocenters. The monoisotopic (exact) mass is 333 g/mol. The fourth-order valence-corrected chi connectivity index (χ4v) is 3.19. The molecule has 1 aromatic carbocycles. The average molecular weight is 333 g/mol. The molecule has 0 saturated heterocycles. The molecule has 0 N–H and O–H groups in total. The van der Waals surface area contributed by atoms with Crippen molar-refractivity contribution in [3.63, 3.8) is 0 Å². The normalized spacial score (nSPS) is 11.2. The van der Waals surface area contributed by atoms with Crippen LogP contribution in [-0.4, -0.2) is 10.5 Å². The fraction of sp³-hybridized carbons (Fsp3) is 0.579. The van der Waals surface area contributed by atoms with Crippen LogP contribution in [0.25, 0.3) is 11.1 Å². The molecule has 0 aliphatic heterocycles. The van der Waals surface area contributed by atoms with Crippen molar-refractivity contribution < 1.29 is 9.21 Å². The van der Waals surface area contributed by atoms with Gasteiger partial charge in [0.15, 0.2) is 5.58 Å². The van der Waals surface area contributed by atoms with Gasteiger partial charge in [-0.2, -0.15) is 0 Å². The second-order valence-electron chi connectivity index (χ2n) is 6.14. The topological polar surface area (TPSA) is 35.1 Å². The van der Waals surface area contributed by atoms with Crippen molar-refractivity contribution >= 4 is 29.2 Å². The quantitative estimate of drug-likeness (QED) is 0.366. The van der Waals surface area contributed by atoms with Crippen molar-refractivity contribution in [1.29, 1.82) is 0 Å². The number of nitrogens with zero attached hydrogens (tertiary/aromatic N) is 1. The van der Waals surface area contributed by atoms with Gasteiger partial charge >= 0.3 is 0 Å². The number of aromatic nitrogens is 1. The van der Waals surface area contributed by atoms with Crippen LogP contribution in [0.3, 0.4) is 0 Å². The van der Waals surface area contributed by atoms with Crippen LogP contribution >= 0.6 is 12.2 Å². The van der Waals surface area contributed by atoms with Crippen LogP contribution in [0.1, 0.15) is 75.9 Å². The number of unbranched alkanes of at least 4 members (excludes halogenated alkanes) is 8. The van der Waals surface area contributed by atoms with Crippen LogP contribution in [0.4, 0.5) is 0 Å². The first-order valence-corrected chi connectivity index (χ1v) is 9.28. The molecule has 4 heteroatoms. The molecule has 0 amide bonds. The van der Waals surface area contributed by atoms with Crippen molar-refractivity contribution in [2.45, 2.75) is 71.1 Å². The van der Waals surface area contributed by atoms with Crippen LogP contribution in [0.2, 0.25) is 0 Å². The molecule has 0 saturated carbocycles. The van der Waals surface area contributed by atoms with Gasteiger partial charge in [0.25, 0.3) is 4.84 Å².